The van der Waals surface area contributed by atoms with E-state index in [4.69, 9.17) is 4.74 Å². The minimum atomic E-state index is 0.278. The molecule has 2 N–H and O–H groups in total. The van der Waals surface area contributed by atoms with Crippen molar-refractivity contribution in [3.05, 3.63) is 29.5 Å². The van der Waals surface area contributed by atoms with Gasteiger partial charge in [-0.1, -0.05) is 0 Å². The number of nitrogens with one attached hydrogen (secondary N) is 1. The van der Waals surface area contributed by atoms with Gasteiger partial charge in [-0.05, 0) is 56.5 Å². The summed E-state index contributed by atoms with van der Waals surface area (Å²) in [6.45, 7) is 5.24. The molecule has 2 aliphatic rings. The molecule has 0 saturated carbocycles. The van der Waals surface area contributed by atoms with Crippen molar-refractivity contribution in [3.8, 4) is 5.75 Å². The SMILES string of the molecule is CCOc1ccc2[nH]c3c(c2c1)CCN1CCC[C@H](CO)C31. The van der Waals surface area contributed by atoms with E-state index in [0.29, 0.717) is 18.6 Å². The molecule has 4 heteroatoms. The zero-order valence-electron chi connectivity index (χ0n) is 13.1. The molecule has 3 heterocycles. The van der Waals surface area contributed by atoms with Crippen molar-refractivity contribution < 1.29 is 9.84 Å². The van der Waals surface area contributed by atoms with Crippen LogP contribution in [0, 0.1) is 5.92 Å². The molecule has 0 radical (unpaired) electrons. The van der Waals surface area contributed by atoms with Gasteiger partial charge in [-0.3, -0.25) is 4.90 Å². The number of piperidine rings is 1. The quantitative estimate of drug-likeness (QED) is 0.916. The Morgan fingerprint density at radius 2 is 2.27 bits per heavy atom. The molecule has 118 valence electrons. The van der Waals surface area contributed by atoms with Gasteiger partial charge in [0.1, 0.15) is 5.75 Å². The van der Waals surface area contributed by atoms with Crippen LogP contribution in [-0.2, 0) is 6.42 Å². The summed E-state index contributed by atoms with van der Waals surface area (Å²) in [6.07, 6.45) is 3.40. The fourth-order valence-electron chi connectivity index (χ4n) is 4.29. The zero-order chi connectivity index (χ0) is 15.1. The summed E-state index contributed by atoms with van der Waals surface area (Å²) in [4.78, 5) is 6.19. The van der Waals surface area contributed by atoms with E-state index in [1.165, 1.54) is 28.6 Å². The Morgan fingerprint density at radius 1 is 1.36 bits per heavy atom. The number of ether oxygens (including phenoxy) is 1. The normalized spacial score (nSPS) is 25.0. The van der Waals surface area contributed by atoms with E-state index >= 15 is 0 Å². The predicted octanol–water partition coefficient (Wildman–Crippen LogP) is 2.87. The van der Waals surface area contributed by atoms with Gasteiger partial charge in [0.2, 0.25) is 0 Å². The van der Waals surface area contributed by atoms with Crippen LogP contribution in [0.2, 0.25) is 0 Å². The van der Waals surface area contributed by atoms with Gasteiger partial charge in [-0.25, -0.2) is 0 Å². The average molecular weight is 300 g/mol. The molecule has 1 aromatic heterocycles. The van der Waals surface area contributed by atoms with Gasteiger partial charge in [0, 0.05) is 35.7 Å². The third-order valence-electron chi connectivity index (χ3n) is 5.26. The Bertz CT molecular complexity index is 679. The van der Waals surface area contributed by atoms with Crippen molar-refractivity contribution in [2.24, 2.45) is 5.92 Å². The van der Waals surface area contributed by atoms with Crippen molar-refractivity contribution in [2.45, 2.75) is 32.2 Å². The molecule has 1 saturated heterocycles. The molecular formula is C18H24N2O2. The molecule has 2 aliphatic heterocycles. The van der Waals surface area contributed by atoms with Gasteiger partial charge in [0.25, 0.3) is 0 Å². The number of aliphatic hydroxyl groups excluding tert-OH is 1. The van der Waals surface area contributed by atoms with Gasteiger partial charge in [0.15, 0.2) is 0 Å². The van der Waals surface area contributed by atoms with Crippen molar-refractivity contribution in [1.29, 1.82) is 0 Å². The first-order valence-corrected chi connectivity index (χ1v) is 8.44. The lowest BCUT2D eigenvalue weighted by Crippen LogP contribution is -2.44. The number of fused-ring (bicyclic) bond motifs is 5. The lowest BCUT2D eigenvalue weighted by molar-refractivity contribution is 0.0465. The Labute approximate surface area is 131 Å². The summed E-state index contributed by atoms with van der Waals surface area (Å²) >= 11 is 0. The zero-order valence-corrected chi connectivity index (χ0v) is 13.1. The number of benzene rings is 1. The van der Waals surface area contributed by atoms with Crippen LogP contribution in [0.25, 0.3) is 10.9 Å². The molecule has 1 unspecified atom stereocenters. The molecule has 4 rings (SSSR count). The van der Waals surface area contributed by atoms with Crippen LogP contribution in [0.1, 0.15) is 37.1 Å². The summed E-state index contributed by atoms with van der Waals surface area (Å²) in [5, 5.41) is 11.1. The smallest absolute Gasteiger partial charge is 0.120 e. The average Bonchev–Trinajstić information content (AvgIpc) is 2.92. The van der Waals surface area contributed by atoms with Crippen molar-refractivity contribution in [1.82, 2.24) is 9.88 Å². The third-order valence-corrected chi connectivity index (χ3v) is 5.26. The monoisotopic (exact) mass is 300 g/mol. The minimum Gasteiger partial charge on any atom is -0.494 e. The summed E-state index contributed by atoms with van der Waals surface area (Å²) in [5.41, 5.74) is 3.95. The Hall–Kier alpha value is -1.52. The van der Waals surface area contributed by atoms with Crippen molar-refractivity contribution in [3.63, 3.8) is 0 Å². The highest BCUT2D eigenvalue weighted by atomic mass is 16.5. The number of rotatable bonds is 3. The molecule has 4 nitrogen and oxygen atoms in total. The lowest BCUT2D eigenvalue weighted by Gasteiger charge is -2.43. The second-order valence-corrected chi connectivity index (χ2v) is 6.47. The number of hydrogen-bond donors (Lipinski definition) is 2. The molecule has 2 atom stereocenters. The van der Waals surface area contributed by atoms with Gasteiger partial charge in [-0.15, -0.1) is 0 Å². The number of aliphatic hydroxyl groups is 1. The first-order chi connectivity index (χ1) is 10.8. The van der Waals surface area contributed by atoms with Gasteiger partial charge in [-0.2, -0.15) is 0 Å². The standard InChI is InChI=1S/C18H24N2O2/c1-2-22-13-5-6-16-15(10-13)14-7-9-20-8-3-4-12(11-21)18(20)17(14)19-16/h5-6,10,12,18-19,21H,2-4,7-9,11H2,1H3/t12-,18?/m1/s1. The largest absolute Gasteiger partial charge is 0.494 e. The molecule has 0 spiro atoms. The molecule has 0 aliphatic carbocycles. The summed E-state index contributed by atoms with van der Waals surface area (Å²) in [6, 6.07) is 6.68. The van der Waals surface area contributed by atoms with E-state index < -0.39 is 0 Å². The highest BCUT2D eigenvalue weighted by Crippen LogP contribution is 2.42. The summed E-state index contributed by atoms with van der Waals surface area (Å²) in [5.74, 6) is 1.30. The molecule has 0 amide bonds. The van der Waals surface area contributed by atoms with E-state index in [-0.39, 0.29) is 6.61 Å². The first-order valence-electron chi connectivity index (χ1n) is 8.44. The number of H-pyrrole nitrogens is 1. The maximum Gasteiger partial charge on any atom is 0.120 e. The van der Waals surface area contributed by atoms with E-state index in [0.717, 1.165) is 31.7 Å². The second kappa shape index (κ2) is 5.60. The van der Waals surface area contributed by atoms with Crippen LogP contribution in [0.3, 0.4) is 0 Å². The van der Waals surface area contributed by atoms with Crippen LogP contribution >= 0.6 is 0 Å². The van der Waals surface area contributed by atoms with Crippen LogP contribution in [-0.4, -0.2) is 41.3 Å². The van der Waals surface area contributed by atoms with Gasteiger partial charge < -0.3 is 14.8 Å². The van der Waals surface area contributed by atoms with Crippen LogP contribution < -0.4 is 4.74 Å². The van der Waals surface area contributed by atoms with Crippen molar-refractivity contribution >= 4 is 10.9 Å². The number of aromatic amines is 1. The summed E-state index contributed by atoms with van der Waals surface area (Å²) < 4.78 is 5.66. The molecule has 1 fully saturated rings. The highest BCUT2D eigenvalue weighted by molar-refractivity contribution is 5.86. The first kappa shape index (κ1) is 14.1. The summed E-state index contributed by atoms with van der Waals surface area (Å²) in [7, 11) is 0. The predicted molar refractivity (Wildman–Crippen MR) is 87.3 cm³/mol. The van der Waals surface area contributed by atoms with E-state index in [9.17, 15) is 5.11 Å². The fraction of sp³-hybridized carbons (Fsp3) is 0.556. The lowest BCUT2D eigenvalue weighted by atomic mass is 9.83. The maximum atomic E-state index is 9.78. The Morgan fingerprint density at radius 3 is 3.09 bits per heavy atom. The highest BCUT2D eigenvalue weighted by Gasteiger charge is 2.37. The van der Waals surface area contributed by atoms with E-state index in [2.05, 4.69) is 22.0 Å². The molecule has 0 bridgehead atoms. The van der Waals surface area contributed by atoms with E-state index in [1.807, 2.05) is 13.0 Å². The van der Waals surface area contributed by atoms with Crippen LogP contribution in [0.4, 0.5) is 0 Å². The number of hydrogen-bond acceptors (Lipinski definition) is 3. The molecular weight excluding hydrogens is 276 g/mol. The van der Waals surface area contributed by atoms with Gasteiger partial charge in [0.05, 0.1) is 12.6 Å². The fourth-order valence-corrected chi connectivity index (χ4v) is 4.29. The van der Waals surface area contributed by atoms with Gasteiger partial charge >= 0.3 is 0 Å². The number of nitrogens with zero attached hydrogens (tertiary/aromatic N) is 1. The number of aromatic nitrogens is 1. The van der Waals surface area contributed by atoms with Crippen LogP contribution in [0.15, 0.2) is 18.2 Å². The second-order valence-electron chi connectivity index (χ2n) is 6.47. The molecule has 22 heavy (non-hydrogen) atoms. The topological polar surface area (TPSA) is 48.5 Å². The molecule has 1 aromatic carbocycles. The van der Waals surface area contributed by atoms with Crippen molar-refractivity contribution in [2.75, 3.05) is 26.3 Å². The van der Waals surface area contributed by atoms with E-state index in [1.54, 1.807) is 0 Å². The van der Waals surface area contributed by atoms with Crippen LogP contribution in [0.5, 0.6) is 5.75 Å². The third kappa shape index (κ3) is 2.13. The Kier molecular flexibility index (Phi) is 3.59. The maximum absolute atomic E-state index is 9.78. The Balaban J connectivity index is 1.81. The minimum absolute atomic E-state index is 0.278. The molecule has 2 aromatic rings.